The zero-order valence-corrected chi connectivity index (χ0v) is 15.2. The van der Waals surface area contributed by atoms with Crippen molar-refractivity contribution in [2.75, 3.05) is 31.8 Å². The zero-order chi connectivity index (χ0) is 18.9. The van der Waals surface area contributed by atoms with E-state index in [0.717, 1.165) is 5.76 Å². The number of nitrogen functional groups attached to an aromatic ring is 1. The molecule has 8 nitrogen and oxygen atoms in total. The monoisotopic (exact) mass is 358 g/mol. The first-order valence-electron chi connectivity index (χ1n) is 8.06. The normalized spacial score (nSPS) is 13.4. The number of aliphatic hydroxyl groups is 1. The highest BCUT2D eigenvalue weighted by molar-refractivity contribution is 5.91. The molecule has 0 aliphatic rings. The smallest absolute Gasteiger partial charge is 0.225 e. The molecule has 138 valence electrons. The minimum Gasteiger partial charge on any atom is -0.493 e. The number of furan rings is 1. The van der Waals surface area contributed by atoms with E-state index in [9.17, 15) is 5.11 Å². The summed E-state index contributed by atoms with van der Waals surface area (Å²) in [5, 5.41) is 14.3. The summed E-state index contributed by atoms with van der Waals surface area (Å²) >= 11 is 0. The van der Waals surface area contributed by atoms with Crippen LogP contribution in [0.15, 0.2) is 28.7 Å². The Morgan fingerprint density at radius 1 is 1.19 bits per heavy atom. The fourth-order valence-electron chi connectivity index (χ4n) is 2.62. The summed E-state index contributed by atoms with van der Waals surface area (Å²) in [5.41, 5.74) is 5.44. The lowest BCUT2D eigenvalue weighted by Gasteiger charge is -2.21. The Labute approximate surface area is 151 Å². The van der Waals surface area contributed by atoms with Crippen molar-refractivity contribution in [3.05, 3.63) is 35.8 Å². The van der Waals surface area contributed by atoms with E-state index in [1.165, 1.54) is 0 Å². The minimum atomic E-state index is -1.22. The fourth-order valence-corrected chi connectivity index (χ4v) is 2.62. The Bertz CT molecular complexity index is 936. The van der Waals surface area contributed by atoms with Gasteiger partial charge in [-0.15, -0.1) is 0 Å². The van der Waals surface area contributed by atoms with Gasteiger partial charge in [0.2, 0.25) is 5.95 Å². The predicted molar refractivity (Wildman–Crippen MR) is 98.6 cm³/mol. The van der Waals surface area contributed by atoms with Crippen LogP contribution in [0.3, 0.4) is 0 Å². The lowest BCUT2D eigenvalue weighted by Crippen LogP contribution is -2.30. The number of hydrogen-bond donors (Lipinski definition) is 3. The summed E-state index contributed by atoms with van der Waals surface area (Å²) in [6, 6.07) is 7.00. The molecule has 0 radical (unpaired) electrons. The molecule has 1 atom stereocenters. The number of hydrogen-bond acceptors (Lipinski definition) is 8. The van der Waals surface area contributed by atoms with Gasteiger partial charge in [-0.2, -0.15) is 4.98 Å². The second-order valence-electron chi connectivity index (χ2n) is 6.19. The lowest BCUT2D eigenvalue weighted by molar-refractivity contribution is 0.0466. The van der Waals surface area contributed by atoms with Crippen LogP contribution in [-0.2, 0) is 5.60 Å². The predicted octanol–water partition coefficient (Wildman–Crippen LogP) is 2.45. The lowest BCUT2D eigenvalue weighted by atomic mass is 10.0. The maximum Gasteiger partial charge on any atom is 0.225 e. The van der Waals surface area contributed by atoms with Gasteiger partial charge in [0.25, 0.3) is 0 Å². The number of rotatable bonds is 6. The Kier molecular flexibility index (Phi) is 4.60. The molecule has 0 fully saturated rings. The van der Waals surface area contributed by atoms with Gasteiger partial charge in [0.15, 0.2) is 11.5 Å². The van der Waals surface area contributed by atoms with Crippen molar-refractivity contribution in [1.29, 1.82) is 0 Å². The van der Waals surface area contributed by atoms with E-state index in [1.807, 2.05) is 6.92 Å². The Balaban J connectivity index is 1.88. The minimum absolute atomic E-state index is 0.151. The van der Waals surface area contributed by atoms with Gasteiger partial charge < -0.3 is 30.0 Å². The number of anilines is 2. The van der Waals surface area contributed by atoms with Crippen molar-refractivity contribution in [2.24, 2.45) is 0 Å². The molecule has 4 N–H and O–H groups in total. The van der Waals surface area contributed by atoms with Crippen molar-refractivity contribution in [1.82, 2.24) is 9.97 Å². The quantitative estimate of drug-likeness (QED) is 0.615. The number of ether oxygens (including phenoxy) is 2. The van der Waals surface area contributed by atoms with Crippen LogP contribution < -0.4 is 20.5 Å². The number of benzene rings is 1. The van der Waals surface area contributed by atoms with E-state index in [-0.39, 0.29) is 6.54 Å². The van der Waals surface area contributed by atoms with Crippen LogP contribution in [0.5, 0.6) is 11.5 Å². The number of aromatic nitrogens is 2. The number of nitrogens with two attached hydrogens (primary N) is 1. The Morgan fingerprint density at radius 3 is 2.50 bits per heavy atom. The summed E-state index contributed by atoms with van der Waals surface area (Å²) in [6.45, 7) is 3.62. The van der Waals surface area contributed by atoms with E-state index in [0.29, 0.717) is 39.9 Å². The number of methoxy groups -OCH3 is 2. The fraction of sp³-hybridized carbons (Fsp3) is 0.333. The maximum atomic E-state index is 10.6. The van der Waals surface area contributed by atoms with Gasteiger partial charge in [0.05, 0.1) is 26.3 Å². The third-order valence-electron chi connectivity index (χ3n) is 4.09. The van der Waals surface area contributed by atoms with Crippen molar-refractivity contribution in [2.45, 2.75) is 19.4 Å². The Hall–Kier alpha value is -3.00. The van der Waals surface area contributed by atoms with E-state index in [1.54, 1.807) is 45.4 Å². The van der Waals surface area contributed by atoms with E-state index >= 15 is 0 Å². The molecule has 2 aromatic heterocycles. The molecule has 2 heterocycles. The molecule has 1 unspecified atom stereocenters. The third-order valence-corrected chi connectivity index (χ3v) is 4.09. The molecule has 3 aromatic rings. The second kappa shape index (κ2) is 6.72. The van der Waals surface area contributed by atoms with E-state index in [4.69, 9.17) is 19.6 Å². The first-order chi connectivity index (χ1) is 12.3. The number of fused-ring (bicyclic) bond motifs is 1. The van der Waals surface area contributed by atoms with Crippen LogP contribution in [0.2, 0.25) is 0 Å². The number of nitrogens with one attached hydrogen (secondary N) is 1. The number of nitrogens with zero attached hydrogens (tertiary/aromatic N) is 2. The SMILES string of the molecule is COc1cc2nc(NCC(C)(O)c3ccc(C)o3)nc(N)c2cc1OC. The summed E-state index contributed by atoms with van der Waals surface area (Å²) in [7, 11) is 3.10. The van der Waals surface area contributed by atoms with Crippen LogP contribution in [0.25, 0.3) is 10.9 Å². The average molecular weight is 358 g/mol. The van der Waals surface area contributed by atoms with Crippen LogP contribution in [-0.4, -0.2) is 35.8 Å². The van der Waals surface area contributed by atoms with Crippen LogP contribution in [0, 0.1) is 6.92 Å². The summed E-state index contributed by atoms with van der Waals surface area (Å²) < 4.78 is 16.1. The van der Waals surface area contributed by atoms with Crippen LogP contribution in [0.4, 0.5) is 11.8 Å². The standard InChI is InChI=1S/C18H22N4O4/c1-10-5-6-15(26-10)18(2,23)9-20-17-21-12-8-14(25-4)13(24-3)7-11(12)16(19)22-17/h5-8,23H,9H2,1-4H3,(H3,19,20,21,22). The van der Waals surface area contributed by atoms with Crippen molar-refractivity contribution in [3.63, 3.8) is 0 Å². The van der Waals surface area contributed by atoms with E-state index in [2.05, 4.69) is 15.3 Å². The molecule has 8 heteroatoms. The van der Waals surface area contributed by atoms with Crippen LogP contribution in [0.1, 0.15) is 18.4 Å². The number of aryl methyl sites for hydroxylation is 1. The summed E-state index contributed by atoms with van der Waals surface area (Å²) in [6.07, 6.45) is 0. The molecule has 0 aliphatic heterocycles. The van der Waals surface area contributed by atoms with Crippen molar-refractivity contribution >= 4 is 22.7 Å². The maximum absolute atomic E-state index is 10.6. The molecule has 0 spiro atoms. The molecule has 1 aromatic carbocycles. The van der Waals surface area contributed by atoms with Gasteiger partial charge in [-0.05, 0) is 32.0 Å². The van der Waals surface area contributed by atoms with Gasteiger partial charge >= 0.3 is 0 Å². The van der Waals surface area contributed by atoms with E-state index < -0.39 is 5.60 Å². The van der Waals surface area contributed by atoms with Gasteiger partial charge in [0.1, 0.15) is 22.9 Å². The molecule has 3 rings (SSSR count). The second-order valence-corrected chi connectivity index (χ2v) is 6.19. The zero-order valence-electron chi connectivity index (χ0n) is 15.2. The van der Waals surface area contributed by atoms with Crippen molar-refractivity contribution in [3.8, 4) is 11.5 Å². The topological polar surface area (TPSA) is 116 Å². The van der Waals surface area contributed by atoms with Crippen molar-refractivity contribution < 1.29 is 19.0 Å². The molecule has 0 saturated heterocycles. The molecule has 0 bridgehead atoms. The first kappa shape index (κ1) is 17.8. The van der Waals surface area contributed by atoms with Gasteiger partial charge in [0, 0.05) is 11.5 Å². The highest BCUT2D eigenvalue weighted by atomic mass is 16.5. The molecule has 0 saturated carbocycles. The molecule has 26 heavy (non-hydrogen) atoms. The largest absolute Gasteiger partial charge is 0.493 e. The molecular formula is C18H22N4O4. The molecule has 0 aliphatic carbocycles. The van der Waals surface area contributed by atoms with Crippen LogP contribution >= 0.6 is 0 Å². The molecule has 0 amide bonds. The van der Waals surface area contributed by atoms with Gasteiger partial charge in [-0.3, -0.25) is 0 Å². The third kappa shape index (κ3) is 3.36. The van der Waals surface area contributed by atoms with Gasteiger partial charge in [-0.25, -0.2) is 4.98 Å². The Morgan fingerprint density at radius 2 is 1.88 bits per heavy atom. The first-order valence-corrected chi connectivity index (χ1v) is 8.06. The molecular weight excluding hydrogens is 336 g/mol. The highest BCUT2D eigenvalue weighted by Crippen LogP contribution is 2.33. The summed E-state index contributed by atoms with van der Waals surface area (Å²) in [5.74, 6) is 2.88. The average Bonchev–Trinajstić information content (AvgIpc) is 3.06. The summed E-state index contributed by atoms with van der Waals surface area (Å²) in [4.78, 5) is 8.69. The highest BCUT2D eigenvalue weighted by Gasteiger charge is 2.27. The van der Waals surface area contributed by atoms with Gasteiger partial charge in [-0.1, -0.05) is 0 Å².